The number of piperidine rings is 1. The lowest BCUT2D eigenvalue weighted by molar-refractivity contribution is -0.185. The smallest absolute Gasteiger partial charge is 0.330 e. The van der Waals surface area contributed by atoms with Crippen LogP contribution >= 0.6 is 0 Å². The number of halogens is 3. The summed E-state index contributed by atoms with van der Waals surface area (Å²) in [5.41, 5.74) is 5.92. The molecule has 1 aliphatic heterocycles. The molecular formula is C12H21F3N2. The van der Waals surface area contributed by atoms with Crippen molar-refractivity contribution in [2.75, 3.05) is 26.2 Å². The fourth-order valence-corrected chi connectivity index (χ4v) is 2.86. The highest BCUT2D eigenvalue weighted by Crippen LogP contribution is 2.49. The number of likely N-dealkylation sites (tertiary alicyclic amines) is 1. The van der Waals surface area contributed by atoms with E-state index in [0.717, 1.165) is 13.0 Å². The Bertz CT molecular complexity index is 253. The number of hydrogen-bond acceptors (Lipinski definition) is 2. The van der Waals surface area contributed by atoms with Crippen molar-refractivity contribution < 1.29 is 13.2 Å². The first kappa shape index (κ1) is 13.1. The average molecular weight is 250 g/mol. The second-order valence-electron chi connectivity index (χ2n) is 5.63. The van der Waals surface area contributed by atoms with Gasteiger partial charge in [0.1, 0.15) is 0 Å². The molecule has 1 heterocycles. The van der Waals surface area contributed by atoms with Gasteiger partial charge in [0.05, 0.1) is 5.92 Å². The van der Waals surface area contributed by atoms with Crippen LogP contribution in [0.4, 0.5) is 13.2 Å². The molecule has 0 bridgehead atoms. The van der Waals surface area contributed by atoms with Gasteiger partial charge >= 0.3 is 6.18 Å². The van der Waals surface area contributed by atoms with Crippen molar-refractivity contribution in [1.29, 1.82) is 0 Å². The molecule has 2 N–H and O–H groups in total. The van der Waals surface area contributed by atoms with E-state index in [4.69, 9.17) is 5.73 Å². The van der Waals surface area contributed by atoms with Crippen LogP contribution in [0.25, 0.3) is 0 Å². The predicted molar refractivity (Wildman–Crippen MR) is 60.6 cm³/mol. The third kappa shape index (κ3) is 3.35. The Morgan fingerprint density at radius 2 is 1.76 bits per heavy atom. The largest absolute Gasteiger partial charge is 0.391 e. The van der Waals surface area contributed by atoms with Gasteiger partial charge < -0.3 is 10.6 Å². The lowest BCUT2D eigenvalue weighted by Gasteiger charge is -2.35. The van der Waals surface area contributed by atoms with Crippen LogP contribution in [0.2, 0.25) is 0 Å². The summed E-state index contributed by atoms with van der Waals surface area (Å²) in [6.07, 6.45) is -0.0516. The van der Waals surface area contributed by atoms with Gasteiger partial charge in [0, 0.05) is 6.54 Å². The molecule has 0 aromatic heterocycles. The Morgan fingerprint density at radius 3 is 2.18 bits per heavy atom. The van der Waals surface area contributed by atoms with Crippen LogP contribution in [0.1, 0.15) is 32.1 Å². The molecule has 2 rings (SSSR count). The van der Waals surface area contributed by atoms with E-state index in [2.05, 4.69) is 4.90 Å². The van der Waals surface area contributed by atoms with Crippen LogP contribution in [0.3, 0.4) is 0 Å². The van der Waals surface area contributed by atoms with Crippen LogP contribution < -0.4 is 5.73 Å². The minimum Gasteiger partial charge on any atom is -0.330 e. The van der Waals surface area contributed by atoms with Gasteiger partial charge in [-0.1, -0.05) is 0 Å². The summed E-state index contributed by atoms with van der Waals surface area (Å²) >= 11 is 0. The summed E-state index contributed by atoms with van der Waals surface area (Å²) in [5, 5.41) is 0. The maximum atomic E-state index is 12.5. The first-order chi connectivity index (χ1) is 7.95. The van der Waals surface area contributed by atoms with E-state index in [1.165, 1.54) is 12.8 Å². The minimum absolute atomic E-state index is 0.266. The fourth-order valence-electron chi connectivity index (χ4n) is 2.86. The van der Waals surface area contributed by atoms with Crippen LogP contribution in [0.5, 0.6) is 0 Å². The molecule has 17 heavy (non-hydrogen) atoms. The van der Waals surface area contributed by atoms with E-state index in [9.17, 15) is 13.2 Å². The van der Waals surface area contributed by atoms with Crippen molar-refractivity contribution in [3.63, 3.8) is 0 Å². The van der Waals surface area contributed by atoms with E-state index in [1.807, 2.05) is 0 Å². The third-order valence-corrected chi connectivity index (χ3v) is 4.24. The Morgan fingerprint density at radius 1 is 1.18 bits per heavy atom. The second kappa shape index (κ2) is 4.76. The molecule has 0 amide bonds. The van der Waals surface area contributed by atoms with E-state index in [0.29, 0.717) is 25.0 Å². The molecule has 0 radical (unpaired) electrons. The first-order valence-electron chi connectivity index (χ1n) is 6.44. The normalized spacial score (nSPS) is 26.1. The molecule has 0 aromatic rings. The Kier molecular flexibility index (Phi) is 3.69. The Labute approximate surface area is 100 Å². The first-order valence-corrected chi connectivity index (χ1v) is 6.44. The van der Waals surface area contributed by atoms with E-state index < -0.39 is 12.1 Å². The lowest BCUT2D eigenvalue weighted by Crippen LogP contribution is -2.41. The van der Waals surface area contributed by atoms with Crippen LogP contribution in [-0.2, 0) is 0 Å². The molecule has 100 valence electrons. The van der Waals surface area contributed by atoms with Gasteiger partial charge in [-0.2, -0.15) is 13.2 Å². The predicted octanol–water partition coefficient (Wildman–Crippen LogP) is 2.39. The van der Waals surface area contributed by atoms with E-state index in [-0.39, 0.29) is 12.8 Å². The topological polar surface area (TPSA) is 29.3 Å². The number of rotatable bonds is 4. The van der Waals surface area contributed by atoms with Gasteiger partial charge in [-0.05, 0) is 57.2 Å². The highest BCUT2D eigenvalue weighted by Gasteiger charge is 2.45. The number of nitrogens with zero attached hydrogens (tertiary/aromatic N) is 1. The van der Waals surface area contributed by atoms with Gasteiger partial charge in [-0.25, -0.2) is 0 Å². The molecule has 0 spiro atoms. The summed E-state index contributed by atoms with van der Waals surface area (Å²) in [5.74, 6) is -1.08. The molecule has 5 heteroatoms. The molecule has 1 saturated carbocycles. The zero-order valence-corrected chi connectivity index (χ0v) is 10.1. The lowest BCUT2D eigenvalue weighted by atomic mass is 9.94. The fraction of sp³-hybridized carbons (Fsp3) is 1.00. The minimum atomic E-state index is -4.00. The van der Waals surface area contributed by atoms with Crippen molar-refractivity contribution in [2.45, 2.75) is 38.3 Å². The monoisotopic (exact) mass is 250 g/mol. The number of nitrogens with two attached hydrogens (primary N) is 1. The summed E-state index contributed by atoms with van der Waals surface area (Å²) in [7, 11) is 0. The van der Waals surface area contributed by atoms with Crippen molar-refractivity contribution >= 4 is 0 Å². The highest BCUT2D eigenvalue weighted by atomic mass is 19.4. The molecular weight excluding hydrogens is 229 g/mol. The number of alkyl halides is 3. The molecule has 0 aromatic carbocycles. The SMILES string of the molecule is NCCC1(CN2CCC(C(F)(F)F)CC2)CC1. The molecule has 1 aliphatic carbocycles. The van der Waals surface area contributed by atoms with Gasteiger partial charge in [0.15, 0.2) is 0 Å². The van der Waals surface area contributed by atoms with Crippen molar-refractivity contribution in [1.82, 2.24) is 4.90 Å². The van der Waals surface area contributed by atoms with Gasteiger partial charge in [-0.15, -0.1) is 0 Å². The summed E-state index contributed by atoms with van der Waals surface area (Å²) in [6.45, 7) is 2.83. The number of hydrogen-bond donors (Lipinski definition) is 1. The second-order valence-corrected chi connectivity index (χ2v) is 5.63. The molecule has 2 nitrogen and oxygen atoms in total. The van der Waals surface area contributed by atoms with Crippen molar-refractivity contribution in [3.8, 4) is 0 Å². The maximum absolute atomic E-state index is 12.5. The van der Waals surface area contributed by atoms with Gasteiger partial charge in [-0.3, -0.25) is 0 Å². The molecule has 0 atom stereocenters. The van der Waals surface area contributed by atoms with E-state index in [1.54, 1.807) is 0 Å². The van der Waals surface area contributed by atoms with Crippen LogP contribution in [0.15, 0.2) is 0 Å². The third-order valence-electron chi connectivity index (χ3n) is 4.24. The molecule has 2 fully saturated rings. The Hall–Kier alpha value is -0.290. The molecule has 2 aliphatic rings. The molecule has 0 unspecified atom stereocenters. The van der Waals surface area contributed by atoms with Gasteiger partial charge in [0.2, 0.25) is 0 Å². The van der Waals surface area contributed by atoms with Crippen LogP contribution in [-0.4, -0.2) is 37.3 Å². The quantitative estimate of drug-likeness (QED) is 0.830. The standard InChI is InChI=1S/C12H21F3N2/c13-12(14,15)10-1-7-17(8-2-10)9-11(3-4-11)5-6-16/h10H,1-9,16H2. The zero-order chi connectivity index (χ0) is 12.5. The zero-order valence-electron chi connectivity index (χ0n) is 10.1. The van der Waals surface area contributed by atoms with Crippen LogP contribution in [0, 0.1) is 11.3 Å². The van der Waals surface area contributed by atoms with E-state index >= 15 is 0 Å². The average Bonchev–Trinajstić information content (AvgIpc) is 2.98. The van der Waals surface area contributed by atoms with Crippen molar-refractivity contribution in [3.05, 3.63) is 0 Å². The van der Waals surface area contributed by atoms with Gasteiger partial charge in [0.25, 0.3) is 0 Å². The highest BCUT2D eigenvalue weighted by molar-refractivity contribution is 4.96. The summed E-state index contributed by atoms with van der Waals surface area (Å²) in [6, 6.07) is 0. The Balaban J connectivity index is 1.76. The summed E-state index contributed by atoms with van der Waals surface area (Å²) < 4.78 is 37.5. The van der Waals surface area contributed by atoms with Crippen molar-refractivity contribution in [2.24, 2.45) is 17.1 Å². The molecule has 1 saturated heterocycles. The summed E-state index contributed by atoms with van der Waals surface area (Å²) in [4.78, 5) is 2.20. The maximum Gasteiger partial charge on any atom is 0.391 e.